The summed E-state index contributed by atoms with van der Waals surface area (Å²) in [5.74, 6) is 0. The molecule has 4 heteroatoms. The lowest BCUT2D eigenvalue weighted by atomic mass is 9.96. The van der Waals surface area contributed by atoms with Gasteiger partial charge in [-0.15, -0.1) is 0 Å². The second-order valence-corrected chi connectivity index (χ2v) is 4.49. The van der Waals surface area contributed by atoms with E-state index in [0.29, 0.717) is 11.3 Å². The lowest BCUT2D eigenvalue weighted by Gasteiger charge is -2.17. The molecule has 0 N–H and O–H groups in total. The molecule has 0 nitrogen and oxygen atoms in total. The van der Waals surface area contributed by atoms with Gasteiger partial charge in [-0.3, -0.25) is 0 Å². The predicted molar refractivity (Wildman–Crippen MR) is 58.2 cm³/mol. The second-order valence-electron chi connectivity index (χ2n) is 2.56. The van der Waals surface area contributed by atoms with E-state index < -0.39 is 4.33 Å². The van der Waals surface area contributed by atoms with Crippen LogP contribution in [-0.4, -0.2) is 7.85 Å². The molecular formula is C8H8BCl3. The van der Waals surface area contributed by atoms with Crippen LogP contribution in [0.2, 0.25) is 11.3 Å². The molecule has 1 aromatic carbocycles. The zero-order chi connectivity index (χ0) is 9.19. The average molecular weight is 221 g/mol. The van der Waals surface area contributed by atoms with Crippen LogP contribution in [0.5, 0.6) is 0 Å². The van der Waals surface area contributed by atoms with Crippen molar-refractivity contribution >= 4 is 42.6 Å². The maximum atomic E-state index is 6.02. The summed E-state index contributed by atoms with van der Waals surface area (Å²) in [7, 11) is 1.94. The fourth-order valence-electron chi connectivity index (χ4n) is 0.898. The minimum Gasteiger partial charge on any atom is -0.0971 e. The first-order chi connectivity index (χ1) is 5.56. The van der Waals surface area contributed by atoms with Gasteiger partial charge >= 0.3 is 0 Å². The highest BCUT2D eigenvalue weighted by Gasteiger charge is 2.23. The predicted octanol–water partition coefficient (Wildman–Crippen LogP) is 3.02. The Labute approximate surface area is 88.2 Å². The SMILES string of the molecule is BCC(Cl)(Cl)c1ccc(Cl)cc1. The maximum Gasteiger partial charge on any atom is 0.136 e. The standard InChI is InChI=1S/C8H8BCl3/c9-5-8(11,12)6-1-3-7(10)4-2-6/h1-4H,5,9H2. The van der Waals surface area contributed by atoms with Crippen molar-refractivity contribution in [1.82, 2.24) is 0 Å². The molecule has 0 saturated heterocycles. The summed E-state index contributed by atoms with van der Waals surface area (Å²) in [4.78, 5) is 0. The van der Waals surface area contributed by atoms with Gasteiger partial charge in [-0.05, 0) is 24.0 Å². The van der Waals surface area contributed by atoms with Crippen molar-refractivity contribution in [3.8, 4) is 0 Å². The van der Waals surface area contributed by atoms with E-state index in [1.807, 2.05) is 20.0 Å². The number of alkyl halides is 2. The molecule has 0 aliphatic carbocycles. The Hall–Kier alpha value is 0.155. The fourth-order valence-corrected chi connectivity index (χ4v) is 1.28. The molecule has 0 aliphatic rings. The first-order valence-corrected chi connectivity index (χ1v) is 4.83. The third-order valence-electron chi connectivity index (χ3n) is 1.71. The summed E-state index contributed by atoms with van der Waals surface area (Å²) >= 11 is 17.8. The summed E-state index contributed by atoms with van der Waals surface area (Å²) in [6.07, 6.45) is 0.678. The van der Waals surface area contributed by atoms with Crippen molar-refractivity contribution in [3.05, 3.63) is 34.9 Å². The molecule has 0 fully saturated rings. The zero-order valence-electron chi connectivity index (χ0n) is 6.65. The first-order valence-electron chi connectivity index (χ1n) is 3.70. The molecule has 0 bridgehead atoms. The van der Waals surface area contributed by atoms with E-state index >= 15 is 0 Å². The van der Waals surface area contributed by atoms with E-state index in [4.69, 9.17) is 34.8 Å². The molecule has 0 radical (unpaired) electrons. The highest BCUT2D eigenvalue weighted by atomic mass is 35.5. The summed E-state index contributed by atoms with van der Waals surface area (Å²) in [6.45, 7) is 0. The molecule has 64 valence electrons. The van der Waals surface area contributed by atoms with Gasteiger partial charge in [-0.25, -0.2) is 0 Å². The van der Waals surface area contributed by atoms with Crippen LogP contribution >= 0.6 is 34.8 Å². The lowest BCUT2D eigenvalue weighted by Crippen LogP contribution is -2.08. The lowest BCUT2D eigenvalue weighted by molar-refractivity contribution is 0.973. The topological polar surface area (TPSA) is 0 Å². The van der Waals surface area contributed by atoms with Gasteiger partial charge in [-0.2, -0.15) is 0 Å². The van der Waals surface area contributed by atoms with Crippen LogP contribution in [0, 0.1) is 0 Å². The van der Waals surface area contributed by atoms with E-state index in [9.17, 15) is 0 Å². The molecular weight excluding hydrogens is 213 g/mol. The highest BCUT2D eigenvalue weighted by molar-refractivity contribution is 6.50. The number of halogens is 3. The van der Waals surface area contributed by atoms with Gasteiger partial charge in [0.25, 0.3) is 0 Å². The van der Waals surface area contributed by atoms with Crippen LogP contribution in [0.15, 0.2) is 24.3 Å². The van der Waals surface area contributed by atoms with Crippen molar-refractivity contribution in [1.29, 1.82) is 0 Å². The van der Waals surface area contributed by atoms with E-state index in [1.54, 1.807) is 12.1 Å². The summed E-state index contributed by atoms with van der Waals surface area (Å²) < 4.78 is -0.787. The van der Waals surface area contributed by atoms with Crippen LogP contribution in [0.4, 0.5) is 0 Å². The summed E-state index contributed by atoms with van der Waals surface area (Å²) in [5, 5.41) is 0.694. The highest BCUT2D eigenvalue weighted by Crippen LogP contribution is 2.36. The number of benzene rings is 1. The molecule has 0 aliphatic heterocycles. The third kappa shape index (κ3) is 2.32. The largest absolute Gasteiger partial charge is 0.136 e. The third-order valence-corrected chi connectivity index (χ3v) is 2.93. The monoisotopic (exact) mass is 220 g/mol. The van der Waals surface area contributed by atoms with Crippen LogP contribution in [-0.2, 0) is 4.33 Å². The minimum absolute atomic E-state index is 0.678. The molecule has 0 amide bonds. The van der Waals surface area contributed by atoms with Gasteiger partial charge in [0.2, 0.25) is 0 Å². The maximum absolute atomic E-state index is 6.02. The van der Waals surface area contributed by atoms with Gasteiger partial charge in [0.1, 0.15) is 12.2 Å². The Morgan fingerprint density at radius 3 is 2.08 bits per heavy atom. The number of hydrogen-bond donors (Lipinski definition) is 0. The average Bonchev–Trinajstić information content (AvgIpc) is 2.05. The molecule has 12 heavy (non-hydrogen) atoms. The fraction of sp³-hybridized carbons (Fsp3) is 0.250. The molecule has 1 aromatic rings. The van der Waals surface area contributed by atoms with E-state index in [1.165, 1.54) is 0 Å². The molecule has 0 saturated carbocycles. The molecule has 0 heterocycles. The van der Waals surface area contributed by atoms with Gasteiger partial charge < -0.3 is 0 Å². The van der Waals surface area contributed by atoms with Gasteiger partial charge in [0.15, 0.2) is 0 Å². The second kappa shape index (κ2) is 3.91. The van der Waals surface area contributed by atoms with Crippen LogP contribution < -0.4 is 0 Å². The van der Waals surface area contributed by atoms with Gasteiger partial charge in [0, 0.05) is 5.02 Å². The molecule has 0 unspecified atom stereocenters. The molecule has 0 atom stereocenters. The minimum atomic E-state index is -0.787. The van der Waals surface area contributed by atoms with Crippen molar-refractivity contribution in [2.75, 3.05) is 0 Å². The number of rotatable bonds is 2. The van der Waals surface area contributed by atoms with Gasteiger partial charge in [-0.1, -0.05) is 46.9 Å². The van der Waals surface area contributed by atoms with Crippen LogP contribution in [0.1, 0.15) is 5.56 Å². The van der Waals surface area contributed by atoms with Crippen LogP contribution in [0.3, 0.4) is 0 Å². The Morgan fingerprint density at radius 2 is 1.67 bits per heavy atom. The van der Waals surface area contributed by atoms with E-state index in [0.717, 1.165) is 5.56 Å². The zero-order valence-corrected chi connectivity index (χ0v) is 8.92. The van der Waals surface area contributed by atoms with E-state index in [2.05, 4.69) is 0 Å². The first kappa shape index (κ1) is 10.2. The normalized spacial score (nSPS) is 11.6. The van der Waals surface area contributed by atoms with Crippen molar-refractivity contribution in [2.24, 2.45) is 0 Å². The molecule has 1 rings (SSSR count). The quantitative estimate of drug-likeness (QED) is 0.532. The van der Waals surface area contributed by atoms with Crippen molar-refractivity contribution in [3.63, 3.8) is 0 Å². The summed E-state index contributed by atoms with van der Waals surface area (Å²) in [6, 6.07) is 7.25. The number of hydrogen-bond acceptors (Lipinski definition) is 0. The Bertz CT molecular complexity index is 256. The van der Waals surface area contributed by atoms with Gasteiger partial charge in [0.05, 0.1) is 0 Å². The molecule has 0 aromatic heterocycles. The Kier molecular flexibility index (Phi) is 3.33. The Balaban J connectivity index is 2.96. The Morgan fingerprint density at radius 1 is 1.17 bits per heavy atom. The van der Waals surface area contributed by atoms with Crippen molar-refractivity contribution in [2.45, 2.75) is 10.7 Å². The van der Waals surface area contributed by atoms with Crippen molar-refractivity contribution < 1.29 is 0 Å². The van der Waals surface area contributed by atoms with Crippen LogP contribution in [0.25, 0.3) is 0 Å². The summed E-state index contributed by atoms with van der Waals surface area (Å²) in [5.41, 5.74) is 0.887. The van der Waals surface area contributed by atoms with E-state index in [-0.39, 0.29) is 0 Å². The smallest absolute Gasteiger partial charge is 0.0971 e. The molecule has 0 spiro atoms.